The predicted octanol–water partition coefficient (Wildman–Crippen LogP) is 7.60. The number of azo groups is 2. The standard InChI is InChI=1S/C22H36N4.C8H18N6/c23-19-21(15-11-7-3-1-4-8-12-16-21)25-26-22(20-24)17-13-9-5-2-6-10-14-18-22;1-5(7(9)10)3-13-14-4-6(2)8(11)12/h1-18H2;5-6H,3-4H2,1-2H3,(H3,9,10)(H3,11,12). The molecule has 0 saturated heterocycles. The number of hydrogen-bond acceptors (Lipinski definition) is 8. The van der Waals surface area contributed by atoms with Crippen molar-refractivity contribution < 1.29 is 0 Å². The van der Waals surface area contributed by atoms with Crippen molar-refractivity contribution in [1.82, 2.24) is 0 Å². The number of hydrogen-bond donors (Lipinski definition) is 4. The number of nitrogens with zero attached hydrogens (tertiary/aromatic N) is 6. The third-order valence-corrected chi connectivity index (χ3v) is 8.08. The molecule has 2 aliphatic rings. The Hall–Kier alpha value is -2.88. The summed E-state index contributed by atoms with van der Waals surface area (Å²) in [5, 5.41) is 51.0. The van der Waals surface area contributed by atoms with Gasteiger partial charge in [-0.15, -0.1) is 0 Å². The van der Waals surface area contributed by atoms with Crippen LogP contribution in [0.5, 0.6) is 0 Å². The molecule has 2 rings (SSSR count). The molecule has 0 aliphatic heterocycles. The molecule has 0 aromatic heterocycles. The maximum absolute atomic E-state index is 9.90. The number of nitriles is 2. The Morgan fingerprint density at radius 1 is 0.600 bits per heavy atom. The summed E-state index contributed by atoms with van der Waals surface area (Å²) in [4.78, 5) is 0. The molecule has 2 unspecified atom stereocenters. The van der Waals surface area contributed by atoms with Crippen LogP contribution in [0.3, 0.4) is 0 Å². The van der Waals surface area contributed by atoms with E-state index in [4.69, 9.17) is 22.3 Å². The summed E-state index contributed by atoms with van der Waals surface area (Å²) in [6.45, 7) is 4.46. The van der Waals surface area contributed by atoms with E-state index < -0.39 is 11.1 Å². The van der Waals surface area contributed by atoms with Crippen molar-refractivity contribution in [3.8, 4) is 12.1 Å². The summed E-state index contributed by atoms with van der Waals surface area (Å²) < 4.78 is 0. The van der Waals surface area contributed by atoms with E-state index in [9.17, 15) is 10.5 Å². The van der Waals surface area contributed by atoms with Gasteiger partial charge in [-0.25, -0.2) is 0 Å². The number of nitrogens with one attached hydrogen (secondary N) is 2. The van der Waals surface area contributed by atoms with Gasteiger partial charge in [-0.05, 0) is 51.4 Å². The van der Waals surface area contributed by atoms with Gasteiger partial charge in [0.05, 0.1) is 36.9 Å². The summed E-state index contributed by atoms with van der Waals surface area (Å²) in [5.41, 5.74) is 9.11. The van der Waals surface area contributed by atoms with Crippen molar-refractivity contribution in [1.29, 1.82) is 21.3 Å². The Morgan fingerprint density at radius 2 is 0.850 bits per heavy atom. The zero-order valence-electron chi connectivity index (χ0n) is 25.1. The van der Waals surface area contributed by atoms with Crippen molar-refractivity contribution in [2.24, 2.45) is 43.8 Å². The highest BCUT2D eigenvalue weighted by molar-refractivity contribution is 5.79. The molecule has 2 saturated carbocycles. The average molecular weight is 555 g/mol. The van der Waals surface area contributed by atoms with Crippen molar-refractivity contribution in [3.63, 3.8) is 0 Å². The Morgan fingerprint density at radius 3 is 1.07 bits per heavy atom. The lowest BCUT2D eigenvalue weighted by Gasteiger charge is -2.26. The van der Waals surface area contributed by atoms with Crippen LogP contribution in [0.2, 0.25) is 0 Å². The SMILES string of the molecule is CC(CN=NCC(C)C(=N)N)C(=N)N.N#CC1(N=NC2(C#N)CCCCCCCCC2)CCCCCCCCC1. The molecular weight excluding hydrogens is 500 g/mol. The zero-order chi connectivity index (χ0) is 29.7. The van der Waals surface area contributed by atoms with Crippen molar-refractivity contribution in [2.75, 3.05) is 13.1 Å². The van der Waals surface area contributed by atoms with Gasteiger partial charge in [0.15, 0.2) is 11.1 Å². The Balaban J connectivity index is 0.000000486. The van der Waals surface area contributed by atoms with Gasteiger partial charge in [0, 0.05) is 11.8 Å². The highest BCUT2D eigenvalue weighted by Crippen LogP contribution is 2.33. The van der Waals surface area contributed by atoms with Gasteiger partial charge in [0.25, 0.3) is 0 Å². The van der Waals surface area contributed by atoms with E-state index in [2.05, 4.69) is 32.6 Å². The maximum Gasteiger partial charge on any atom is 0.167 e. The minimum absolute atomic E-state index is 0.0774. The smallest absolute Gasteiger partial charge is 0.167 e. The summed E-state index contributed by atoms with van der Waals surface area (Å²) >= 11 is 0. The van der Waals surface area contributed by atoms with Gasteiger partial charge in [-0.1, -0.05) is 78.1 Å². The van der Waals surface area contributed by atoms with Crippen LogP contribution in [-0.4, -0.2) is 35.8 Å². The lowest BCUT2D eigenvalue weighted by Crippen LogP contribution is -2.29. The fraction of sp³-hybridized carbons (Fsp3) is 0.867. The number of rotatable bonds is 8. The van der Waals surface area contributed by atoms with E-state index in [1.54, 1.807) is 0 Å². The van der Waals surface area contributed by atoms with Crippen molar-refractivity contribution >= 4 is 11.7 Å². The quantitative estimate of drug-likeness (QED) is 0.136. The summed E-state index contributed by atoms with van der Waals surface area (Å²) in [7, 11) is 0. The Kier molecular flexibility index (Phi) is 17.6. The molecule has 0 heterocycles. The zero-order valence-corrected chi connectivity index (χ0v) is 25.1. The molecule has 2 aliphatic carbocycles. The van der Waals surface area contributed by atoms with E-state index >= 15 is 0 Å². The molecule has 2 atom stereocenters. The second-order valence-electron chi connectivity index (χ2n) is 11.8. The summed E-state index contributed by atoms with van der Waals surface area (Å²) in [5.74, 6) is 0.0740. The molecule has 0 aromatic carbocycles. The minimum atomic E-state index is -0.698. The molecule has 0 spiro atoms. The minimum Gasteiger partial charge on any atom is -0.387 e. The Bertz CT molecular complexity index is 792. The van der Waals surface area contributed by atoms with Gasteiger partial charge in [0.2, 0.25) is 0 Å². The van der Waals surface area contributed by atoms with Gasteiger partial charge < -0.3 is 11.5 Å². The third kappa shape index (κ3) is 14.5. The predicted molar refractivity (Wildman–Crippen MR) is 161 cm³/mol. The van der Waals surface area contributed by atoms with Crippen LogP contribution in [0.15, 0.2) is 20.5 Å². The van der Waals surface area contributed by atoms with E-state index in [-0.39, 0.29) is 23.5 Å². The van der Waals surface area contributed by atoms with E-state index in [0.717, 1.165) is 51.4 Å². The van der Waals surface area contributed by atoms with Gasteiger partial charge in [-0.2, -0.15) is 31.0 Å². The molecule has 0 amide bonds. The molecular formula is C30H54N10. The first-order valence-corrected chi connectivity index (χ1v) is 15.5. The first kappa shape index (κ1) is 35.1. The molecule has 2 fully saturated rings. The van der Waals surface area contributed by atoms with Gasteiger partial charge >= 0.3 is 0 Å². The van der Waals surface area contributed by atoms with Crippen molar-refractivity contribution in [3.05, 3.63) is 0 Å². The van der Waals surface area contributed by atoms with Gasteiger partial charge in [-0.3, -0.25) is 10.8 Å². The van der Waals surface area contributed by atoms with E-state index in [0.29, 0.717) is 13.1 Å². The van der Waals surface area contributed by atoms with E-state index in [1.165, 1.54) is 64.2 Å². The van der Waals surface area contributed by atoms with Crippen molar-refractivity contribution in [2.45, 2.75) is 141 Å². The molecule has 0 radical (unpaired) electrons. The summed E-state index contributed by atoms with van der Waals surface area (Å²) in [6.07, 6.45) is 19.8. The maximum atomic E-state index is 9.90. The van der Waals surface area contributed by atoms with Crippen LogP contribution in [0, 0.1) is 45.3 Å². The molecule has 6 N–H and O–H groups in total. The number of amidine groups is 2. The van der Waals surface area contributed by atoms with Crippen LogP contribution in [-0.2, 0) is 0 Å². The lowest BCUT2D eigenvalue weighted by atomic mass is 9.86. The second kappa shape index (κ2) is 20.1. The largest absolute Gasteiger partial charge is 0.387 e. The first-order chi connectivity index (χ1) is 19.2. The fourth-order valence-corrected chi connectivity index (χ4v) is 4.90. The highest BCUT2D eigenvalue weighted by atomic mass is 15.2. The van der Waals surface area contributed by atoms with Crippen LogP contribution in [0.25, 0.3) is 0 Å². The van der Waals surface area contributed by atoms with Crippen LogP contribution < -0.4 is 11.5 Å². The average Bonchev–Trinajstić information content (AvgIpc) is 2.96. The Labute approximate surface area is 242 Å². The van der Waals surface area contributed by atoms with Gasteiger partial charge in [0.1, 0.15) is 0 Å². The summed E-state index contributed by atoms with van der Waals surface area (Å²) in [6, 6.07) is 4.99. The topological polar surface area (TPSA) is 197 Å². The van der Waals surface area contributed by atoms with Crippen LogP contribution in [0.4, 0.5) is 0 Å². The molecule has 40 heavy (non-hydrogen) atoms. The normalized spacial score (nSPS) is 22.0. The molecule has 224 valence electrons. The van der Waals surface area contributed by atoms with E-state index in [1.807, 2.05) is 13.8 Å². The monoisotopic (exact) mass is 554 g/mol. The first-order valence-electron chi connectivity index (χ1n) is 15.5. The highest BCUT2D eigenvalue weighted by Gasteiger charge is 2.34. The van der Waals surface area contributed by atoms with Crippen LogP contribution >= 0.6 is 0 Å². The molecule has 10 nitrogen and oxygen atoms in total. The molecule has 0 bridgehead atoms. The fourth-order valence-electron chi connectivity index (χ4n) is 4.90. The molecule has 10 heteroatoms. The third-order valence-electron chi connectivity index (χ3n) is 8.08. The van der Waals surface area contributed by atoms with Crippen LogP contribution in [0.1, 0.15) is 129 Å². The number of nitrogens with two attached hydrogens (primary N) is 2. The second-order valence-corrected chi connectivity index (χ2v) is 11.8. The lowest BCUT2D eigenvalue weighted by molar-refractivity contribution is 0.340. The molecule has 0 aromatic rings.